The van der Waals surface area contributed by atoms with Crippen LogP contribution in [-0.2, 0) is 0 Å². The zero-order chi connectivity index (χ0) is 13.1. The summed E-state index contributed by atoms with van der Waals surface area (Å²) in [5, 5.41) is 3.93. The van der Waals surface area contributed by atoms with Gasteiger partial charge in [0, 0.05) is 17.1 Å². The van der Waals surface area contributed by atoms with Gasteiger partial charge in [0.15, 0.2) is 11.6 Å². The molecule has 1 fully saturated rings. The number of hydrogen-bond acceptors (Lipinski definition) is 4. The lowest BCUT2D eigenvalue weighted by atomic mass is 10.2. The Balaban J connectivity index is 1.74. The monoisotopic (exact) mass is 275 g/mol. The Morgan fingerprint density at radius 2 is 2.11 bits per heavy atom. The van der Waals surface area contributed by atoms with Crippen LogP contribution in [0.3, 0.4) is 0 Å². The highest BCUT2D eigenvalue weighted by atomic mass is 35.5. The minimum Gasteiger partial charge on any atom is -0.486 e. The average molecular weight is 276 g/mol. The van der Waals surface area contributed by atoms with Gasteiger partial charge < -0.3 is 10.1 Å². The average Bonchev–Trinajstić information content (AvgIpc) is 2.92. The third-order valence-electron chi connectivity index (χ3n) is 3.03. The number of hydrogen-bond donors (Lipinski definition) is 1. The van der Waals surface area contributed by atoms with Crippen molar-refractivity contribution in [3.8, 4) is 17.1 Å². The third kappa shape index (κ3) is 3.03. The zero-order valence-electron chi connectivity index (χ0n) is 10.3. The lowest BCUT2D eigenvalue weighted by molar-refractivity contribution is 0.221. The van der Waals surface area contributed by atoms with Gasteiger partial charge in [-0.05, 0) is 25.1 Å². The van der Waals surface area contributed by atoms with Crippen LogP contribution >= 0.6 is 11.6 Å². The van der Waals surface area contributed by atoms with E-state index in [9.17, 15) is 0 Å². The van der Waals surface area contributed by atoms with E-state index >= 15 is 0 Å². The van der Waals surface area contributed by atoms with Gasteiger partial charge in [0.2, 0.25) is 0 Å². The van der Waals surface area contributed by atoms with E-state index in [0.29, 0.717) is 16.6 Å². The molecule has 1 aromatic carbocycles. The zero-order valence-corrected chi connectivity index (χ0v) is 11.1. The normalized spacial score (nSPS) is 18.5. The first kappa shape index (κ1) is 12.4. The molecule has 1 N–H and O–H groups in total. The molecule has 0 amide bonds. The summed E-state index contributed by atoms with van der Waals surface area (Å²) in [6.07, 6.45) is 4.67. The van der Waals surface area contributed by atoms with Gasteiger partial charge in [0.05, 0.1) is 12.4 Å². The van der Waals surface area contributed by atoms with Crippen LogP contribution in [-0.4, -0.2) is 29.2 Å². The van der Waals surface area contributed by atoms with Gasteiger partial charge in [-0.15, -0.1) is 0 Å². The Labute approximate surface area is 116 Å². The molecule has 98 valence electrons. The number of ether oxygens (including phenoxy) is 1. The van der Waals surface area contributed by atoms with E-state index in [0.717, 1.165) is 25.1 Å². The molecule has 1 aliphatic rings. The first-order chi connectivity index (χ1) is 9.31. The molecule has 2 heterocycles. The number of benzene rings is 1. The van der Waals surface area contributed by atoms with Gasteiger partial charge in [0.1, 0.15) is 6.10 Å². The molecular weight excluding hydrogens is 262 g/mol. The van der Waals surface area contributed by atoms with Gasteiger partial charge in [0.25, 0.3) is 0 Å². The summed E-state index contributed by atoms with van der Waals surface area (Å²) in [6, 6.07) is 7.49. The van der Waals surface area contributed by atoms with Crippen molar-refractivity contribution in [2.45, 2.75) is 12.5 Å². The smallest absolute Gasteiger partial charge is 0.159 e. The fourth-order valence-corrected chi connectivity index (χ4v) is 2.27. The van der Waals surface area contributed by atoms with Crippen LogP contribution in [0.2, 0.25) is 5.02 Å². The quantitative estimate of drug-likeness (QED) is 0.935. The molecule has 0 aliphatic carbocycles. The molecule has 0 spiro atoms. The largest absolute Gasteiger partial charge is 0.486 e. The predicted molar refractivity (Wildman–Crippen MR) is 74.4 cm³/mol. The van der Waals surface area contributed by atoms with Crippen molar-refractivity contribution >= 4 is 11.6 Å². The topological polar surface area (TPSA) is 47.0 Å². The number of aromatic nitrogens is 2. The highest BCUT2D eigenvalue weighted by Crippen LogP contribution is 2.21. The molecule has 19 heavy (non-hydrogen) atoms. The Hall–Kier alpha value is -1.65. The summed E-state index contributed by atoms with van der Waals surface area (Å²) in [5.41, 5.74) is 0.904. The number of nitrogens with one attached hydrogen (secondary N) is 1. The van der Waals surface area contributed by atoms with Crippen LogP contribution in [0.15, 0.2) is 36.7 Å². The highest BCUT2D eigenvalue weighted by molar-refractivity contribution is 6.30. The standard InChI is InChI=1S/C14H14ClN3O/c15-11-3-1-2-10(6-11)14-17-8-13(9-18-14)19-12-4-5-16-7-12/h1-3,6,8-9,12,16H,4-5,7H2. The van der Waals surface area contributed by atoms with Gasteiger partial charge in [-0.25, -0.2) is 9.97 Å². The second-order valence-electron chi connectivity index (χ2n) is 4.49. The fourth-order valence-electron chi connectivity index (χ4n) is 2.07. The van der Waals surface area contributed by atoms with Crippen molar-refractivity contribution in [2.75, 3.05) is 13.1 Å². The first-order valence-corrected chi connectivity index (χ1v) is 6.64. The molecule has 0 bridgehead atoms. The van der Waals surface area contributed by atoms with Crippen molar-refractivity contribution in [1.29, 1.82) is 0 Å². The molecule has 1 aromatic heterocycles. The SMILES string of the molecule is Clc1cccc(-c2ncc(OC3CCNC3)cn2)c1. The second kappa shape index (κ2) is 5.55. The van der Waals surface area contributed by atoms with Crippen molar-refractivity contribution in [2.24, 2.45) is 0 Å². The fraction of sp³-hybridized carbons (Fsp3) is 0.286. The van der Waals surface area contributed by atoms with E-state index in [1.807, 2.05) is 24.3 Å². The van der Waals surface area contributed by atoms with E-state index in [2.05, 4.69) is 15.3 Å². The van der Waals surface area contributed by atoms with E-state index in [-0.39, 0.29) is 6.10 Å². The summed E-state index contributed by atoms with van der Waals surface area (Å²) in [4.78, 5) is 8.63. The molecule has 1 saturated heterocycles. The lowest BCUT2D eigenvalue weighted by Gasteiger charge is -2.11. The maximum absolute atomic E-state index is 5.95. The van der Waals surface area contributed by atoms with Gasteiger partial charge in [-0.3, -0.25) is 0 Å². The van der Waals surface area contributed by atoms with Crippen molar-refractivity contribution in [1.82, 2.24) is 15.3 Å². The Morgan fingerprint density at radius 1 is 1.26 bits per heavy atom. The molecule has 2 aromatic rings. The van der Waals surface area contributed by atoms with E-state index < -0.39 is 0 Å². The molecule has 3 rings (SSSR count). The minimum atomic E-state index is 0.223. The van der Waals surface area contributed by atoms with Crippen LogP contribution in [0.4, 0.5) is 0 Å². The summed E-state index contributed by atoms with van der Waals surface area (Å²) < 4.78 is 5.78. The number of halogens is 1. The van der Waals surface area contributed by atoms with Crippen LogP contribution in [0.5, 0.6) is 5.75 Å². The third-order valence-corrected chi connectivity index (χ3v) is 3.26. The van der Waals surface area contributed by atoms with Crippen LogP contribution in [0.1, 0.15) is 6.42 Å². The Bertz CT molecular complexity index is 553. The summed E-state index contributed by atoms with van der Waals surface area (Å²) >= 11 is 5.95. The van der Waals surface area contributed by atoms with Crippen molar-refractivity contribution in [3.63, 3.8) is 0 Å². The summed E-state index contributed by atoms with van der Waals surface area (Å²) in [6.45, 7) is 1.89. The highest BCUT2D eigenvalue weighted by Gasteiger charge is 2.16. The molecule has 0 radical (unpaired) electrons. The maximum Gasteiger partial charge on any atom is 0.159 e. The molecule has 1 atom stereocenters. The van der Waals surface area contributed by atoms with Gasteiger partial charge >= 0.3 is 0 Å². The van der Waals surface area contributed by atoms with Crippen LogP contribution in [0.25, 0.3) is 11.4 Å². The first-order valence-electron chi connectivity index (χ1n) is 6.26. The predicted octanol–water partition coefficient (Wildman–Crippen LogP) is 2.54. The molecule has 0 saturated carbocycles. The summed E-state index contributed by atoms with van der Waals surface area (Å²) in [7, 11) is 0. The van der Waals surface area contributed by atoms with Crippen LogP contribution in [0, 0.1) is 0 Å². The van der Waals surface area contributed by atoms with Crippen LogP contribution < -0.4 is 10.1 Å². The van der Waals surface area contributed by atoms with E-state index in [1.54, 1.807) is 12.4 Å². The van der Waals surface area contributed by atoms with Gasteiger partial charge in [-0.2, -0.15) is 0 Å². The van der Waals surface area contributed by atoms with Gasteiger partial charge in [-0.1, -0.05) is 23.7 Å². The molecule has 4 nitrogen and oxygen atoms in total. The van der Waals surface area contributed by atoms with E-state index in [4.69, 9.17) is 16.3 Å². The maximum atomic E-state index is 5.95. The Morgan fingerprint density at radius 3 is 2.79 bits per heavy atom. The minimum absolute atomic E-state index is 0.223. The lowest BCUT2D eigenvalue weighted by Crippen LogP contribution is -2.19. The number of nitrogens with zero attached hydrogens (tertiary/aromatic N) is 2. The van der Waals surface area contributed by atoms with Crippen molar-refractivity contribution in [3.05, 3.63) is 41.7 Å². The molecular formula is C14H14ClN3O. The number of rotatable bonds is 3. The molecule has 1 unspecified atom stereocenters. The Kier molecular flexibility index (Phi) is 3.62. The molecule has 1 aliphatic heterocycles. The van der Waals surface area contributed by atoms with E-state index in [1.165, 1.54) is 0 Å². The van der Waals surface area contributed by atoms with Crippen molar-refractivity contribution < 1.29 is 4.74 Å². The summed E-state index contributed by atoms with van der Waals surface area (Å²) in [5.74, 6) is 1.36. The second-order valence-corrected chi connectivity index (χ2v) is 4.92. The molecule has 5 heteroatoms.